The van der Waals surface area contributed by atoms with E-state index in [9.17, 15) is 19.8 Å². The first-order chi connectivity index (χ1) is 10.9. The number of aliphatic carboxylic acids is 2. The maximum absolute atomic E-state index is 12.0. The van der Waals surface area contributed by atoms with Gasteiger partial charge in [-0.1, -0.05) is 39.8 Å². The van der Waals surface area contributed by atoms with Gasteiger partial charge in [0.05, 0.1) is 7.11 Å². The zero-order valence-corrected chi connectivity index (χ0v) is 14.7. The largest absolute Gasteiger partial charge is 0.496 e. The number of hydrogen-bond acceptors (Lipinski definition) is 5. The van der Waals surface area contributed by atoms with Gasteiger partial charge in [0.15, 0.2) is 0 Å². The Morgan fingerprint density at radius 1 is 1.00 bits per heavy atom. The maximum atomic E-state index is 12.0. The van der Waals surface area contributed by atoms with E-state index < -0.39 is 34.9 Å². The lowest BCUT2D eigenvalue weighted by Crippen LogP contribution is -2.55. The summed E-state index contributed by atoms with van der Waals surface area (Å²) in [5.41, 5.74) is 9.05. The van der Waals surface area contributed by atoms with E-state index in [1.165, 1.54) is 13.2 Å². The highest BCUT2D eigenvalue weighted by atomic mass is 16.5. The zero-order valence-electron chi connectivity index (χ0n) is 14.7. The van der Waals surface area contributed by atoms with Crippen LogP contribution in [0.25, 0.3) is 0 Å². The van der Waals surface area contributed by atoms with E-state index in [2.05, 4.69) is 0 Å². The number of nitrogens with two attached hydrogens (primary N) is 2. The molecule has 6 N–H and O–H groups in total. The fraction of sp³-hybridized carbons (Fsp3) is 0.529. The highest BCUT2D eigenvalue weighted by molar-refractivity contribution is 5.87. The van der Waals surface area contributed by atoms with Crippen LogP contribution in [0.2, 0.25) is 0 Å². The summed E-state index contributed by atoms with van der Waals surface area (Å²) in [5, 5.41) is 19.5. The summed E-state index contributed by atoms with van der Waals surface area (Å²) < 4.78 is 5.30. The Balaban J connectivity index is 3.97. The number of ether oxygens (including phenoxy) is 1. The minimum absolute atomic E-state index is 0.0913. The second-order valence-electron chi connectivity index (χ2n) is 6.54. The summed E-state index contributed by atoms with van der Waals surface area (Å²) in [4.78, 5) is 23.9. The van der Waals surface area contributed by atoms with E-state index in [4.69, 9.17) is 16.2 Å². The topological polar surface area (TPSA) is 136 Å². The van der Waals surface area contributed by atoms with Crippen molar-refractivity contribution in [2.45, 2.75) is 38.8 Å². The van der Waals surface area contributed by atoms with Crippen LogP contribution in [-0.4, -0.2) is 29.3 Å². The molecule has 1 aromatic carbocycles. The molecule has 0 aliphatic heterocycles. The van der Waals surface area contributed by atoms with Gasteiger partial charge in [0.2, 0.25) is 0 Å². The zero-order chi connectivity index (χ0) is 18.9. The molecule has 0 aliphatic rings. The number of carboxylic acid groups (broad SMARTS) is 2. The Labute approximate surface area is 141 Å². The summed E-state index contributed by atoms with van der Waals surface area (Å²) in [6, 6.07) is 4.63. The average Bonchev–Trinajstić information content (AvgIpc) is 2.51. The molecule has 0 amide bonds. The van der Waals surface area contributed by atoms with Crippen molar-refractivity contribution < 1.29 is 24.5 Å². The van der Waals surface area contributed by atoms with Crippen molar-refractivity contribution in [2.24, 2.45) is 23.3 Å². The predicted octanol–water partition coefficient (Wildman–Crippen LogP) is 1.48. The van der Waals surface area contributed by atoms with Crippen molar-refractivity contribution >= 4 is 11.9 Å². The number of carboxylic acids is 2. The Kier molecular flexibility index (Phi) is 5.63. The molecule has 0 saturated carbocycles. The molecule has 134 valence electrons. The Bertz CT molecular complexity index is 644. The molecule has 24 heavy (non-hydrogen) atoms. The lowest BCUT2D eigenvalue weighted by molar-refractivity contribution is -0.148. The predicted molar refractivity (Wildman–Crippen MR) is 89.7 cm³/mol. The summed E-state index contributed by atoms with van der Waals surface area (Å²) in [6.45, 7) is 6.62. The number of carbonyl (C=O) groups is 2. The molecule has 1 rings (SSSR count). The van der Waals surface area contributed by atoms with Crippen molar-refractivity contribution in [3.05, 3.63) is 29.3 Å². The average molecular weight is 338 g/mol. The molecule has 2 unspecified atom stereocenters. The van der Waals surface area contributed by atoms with Gasteiger partial charge >= 0.3 is 11.9 Å². The van der Waals surface area contributed by atoms with Crippen LogP contribution in [0.1, 0.15) is 38.8 Å². The van der Waals surface area contributed by atoms with E-state index >= 15 is 0 Å². The Morgan fingerprint density at radius 3 is 1.79 bits per heavy atom. The first-order valence-corrected chi connectivity index (χ1v) is 7.68. The molecule has 0 heterocycles. The number of methoxy groups -OCH3 is 1. The molecule has 0 aromatic heterocycles. The molecule has 7 nitrogen and oxygen atoms in total. The summed E-state index contributed by atoms with van der Waals surface area (Å²) in [5.74, 6) is -3.38. The Hall–Kier alpha value is -2.12. The van der Waals surface area contributed by atoms with E-state index in [0.717, 1.165) is 0 Å². The molecule has 0 spiro atoms. The van der Waals surface area contributed by atoms with Crippen LogP contribution in [0.3, 0.4) is 0 Å². The molecule has 1 aromatic rings. The quantitative estimate of drug-likeness (QED) is 0.591. The van der Waals surface area contributed by atoms with Gasteiger partial charge in [-0.3, -0.25) is 0 Å². The summed E-state index contributed by atoms with van der Waals surface area (Å²) >= 11 is 0. The molecule has 7 heteroatoms. The SMILES string of the molecule is COc1cccc(C(N)(C(=O)O)C(C)C)c1C(N)(C(=O)O)C(C)C. The first-order valence-electron chi connectivity index (χ1n) is 7.68. The molecule has 0 radical (unpaired) electrons. The lowest BCUT2D eigenvalue weighted by atomic mass is 9.71. The second-order valence-corrected chi connectivity index (χ2v) is 6.54. The van der Waals surface area contributed by atoms with Crippen LogP contribution in [0.15, 0.2) is 18.2 Å². The summed E-state index contributed by atoms with van der Waals surface area (Å²) in [6.07, 6.45) is 0. The first kappa shape index (κ1) is 19.9. The Morgan fingerprint density at radius 2 is 1.46 bits per heavy atom. The maximum Gasteiger partial charge on any atom is 0.328 e. The van der Waals surface area contributed by atoms with E-state index in [1.54, 1.807) is 39.8 Å². The summed E-state index contributed by atoms with van der Waals surface area (Å²) in [7, 11) is 1.37. The van der Waals surface area contributed by atoms with Crippen LogP contribution in [-0.2, 0) is 20.7 Å². The van der Waals surface area contributed by atoms with E-state index in [-0.39, 0.29) is 16.9 Å². The molecule has 0 aliphatic carbocycles. The van der Waals surface area contributed by atoms with Gasteiger partial charge in [-0.15, -0.1) is 0 Å². The van der Waals surface area contributed by atoms with E-state index in [0.29, 0.717) is 0 Å². The monoisotopic (exact) mass is 338 g/mol. The molecule has 0 bridgehead atoms. The van der Waals surface area contributed by atoms with Gasteiger partial charge in [0, 0.05) is 5.56 Å². The van der Waals surface area contributed by atoms with Crippen molar-refractivity contribution in [1.82, 2.24) is 0 Å². The number of hydrogen-bond donors (Lipinski definition) is 4. The van der Waals surface area contributed by atoms with Crippen LogP contribution in [0, 0.1) is 11.8 Å². The third-order valence-electron chi connectivity index (χ3n) is 4.63. The number of rotatable bonds is 7. The minimum Gasteiger partial charge on any atom is -0.496 e. The van der Waals surface area contributed by atoms with Crippen LogP contribution in [0.4, 0.5) is 0 Å². The molecular formula is C17H26N2O5. The third-order valence-corrected chi connectivity index (χ3v) is 4.63. The molecular weight excluding hydrogens is 312 g/mol. The fourth-order valence-corrected chi connectivity index (χ4v) is 2.79. The lowest BCUT2D eigenvalue weighted by Gasteiger charge is -2.38. The minimum atomic E-state index is -1.85. The molecule has 2 atom stereocenters. The van der Waals surface area contributed by atoms with E-state index in [1.807, 2.05) is 0 Å². The molecule has 0 fully saturated rings. The van der Waals surface area contributed by atoms with Gasteiger partial charge in [-0.25, -0.2) is 9.59 Å². The van der Waals surface area contributed by atoms with Gasteiger partial charge in [0.1, 0.15) is 16.8 Å². The van der Waals surface area contributed by atoms with Crippen LogP contribution >= 0.6 is 0 Å². The van der Waals surface area contributed by atoms with Gasteiger partial charge in [-0.2, -0.15) is 0 Å². The van der Waals surface area contributed by atoms with Crippen molar-refractivity contribution in [2.75, 3.05) is 7.11 Å². The highest BCUT2D eigenvalue weighted by Crippen LogP contribution is 2.42. The normalized spacial score (nSPS) is 16.5. The second kappa shape index (κ2) is 6.78. The third kappa shape index (κ3) is 2.85. The molecule has 0 saturated heterocycles. The van der Waals surface area contributed by atoms with Gasteiger partial charge in [0.25, 0.3) is 0 Å². The number of benzene rings is 1. The van der Waals surface area contributed by atoms with Crippen LogP contribution < -0.4 is 16.2 Å². The van der Waals surface area contributed by atoms with Crippen molar-refractivity contribution in [3.63, 3.8) is 0 Å². The van der Waals surface area contributed by atoms with Gasteiger partial charge < -0.3 is 26.4 Å². The van der Waals surface area contributed by atoms with Crippen LogP contribution in [0.5, 0.6) is 5.75 Å². The standard InChI is InChI=1S/C17H26N2O5/c1-9(2)16(18,14(20)21)11-7-6-8-12(24-5)13(11)17(19,10(3)4)15(22)23/h6-10H,18-19H2,1-5H3,(H,20,21)(H,22,23). The van der Waals surface area contributed by atoms with Crippen molar-refractivity contribution in [1.29, 1.82) is 0 Å². The smallest absolute Gasteiger partial charge is 0.328 e. The highest BCUT2D eigenvalue weighted by Gasteiger charge is 2.49. The van der Waals surface area contributed by atoms with Gasteiger partial charge in [-0.05, 0) is 23.5 Å². The van der Waals surface area contributed by atoms with Crippen molar-refractivity contribution in [3.8, 4) is 5.75 Å². The fourth-order valence-electron chi connectivity index (χ4n) is 2.79.